The van der Waals surface area contributed by atoms with Gasteiger partial charge < -0.3 is 5.32 Å². The zero-order valence-corrected chi connectivity index (χ0v) is 13.5. The molecular weight excluding hydrogens is 334 g/mol. The molecule has 0 aliphatic rings. The number of aryl methyl sites for hydroxylation is 1. The predicted molar refractivity (Wildman–Crippen MR) is 88.5 cm³/mol. The Balaban J connectivity index is 1.75. The lowest BCUT2D eigenvalue weighted by molar-refractivity contribution is 0.999. The van der Waals surface area contributed by atoms with Crippen molar-refractivity contribution in [1.82, 2.24) is 9.97 Å². The monoisotopic (exact) mass is 347 g/mol. The fraction of sp³-hybridized carbons (Fsp3) is 0.200. The molecule has 0 saturated heterocycles. The van der Waals surface area contributed by atoms with E-state index >= 15 is 0 Å². The second-order valence-electron chi connectivity index (χ2n) is 4.56. The lowest BCUT2D eigenvalue weighted by Gasteiger charge is -2.08. The number of hydrogen-bond acceptors (Lipinski definition) is 4. The van der Waals surface area contributed by atoms with Gasteiger partial charge in [0.05, 0.1) is 10.5 Å². The Bertz CT molecular complexity index is 739. The zero-order chi connectivity index (χ0) is 13.9. The predicted octanol–water partition coefficient (Wildman–Crippen LogP) is 4.42. The summed E-state index contributed by atoms with van der Waals surface area (Å²) >= 11 is 5.27. The molecule has 0 atom stereocenters. The Morgan fingerprint density at radius 3 is 2.95 bits per heavy atom. The average molecular weight is 348 g/mol. The van der Waals surface area contributed by atoms with E-state index in [9.17, 15) is 0 Å². The molecule has 1 aromatic carbocycles. The van der Waals surface area contributed by atoms with Gasteiger partial charge in [-0.25, -0.2) is 4.98 Å². The highest BCUT2D eigenvalue weighted by atomic mass is 79.9. The van der Waals surface area contributed by atoms with Crippen molar-refractivity contribution in [2.24, 2.45) is 0 Å². The minimum atomic E-state index is 0.874. The first-order valence-electron chi connectivity index (χ1n) is 6.42. The first-order chi connectivity index (χ1) is 9.72. The summed E-state index contributed by atoms with van der Waals surface area (Å²) in [5.41, 5.74) is 2.12. The third-order valence-corrected chi connectivity index (χ3v) is 4.49. The quantitative estimate of drug-likeness (QED) is 0.759. The van der Waals surface area contributed by atoms with Crippen LogP contribution in [0.5, 0.6) is 0 Å². The maximum Gasteiger partial charge on any atom is 0.0945 e. The van der Waals surface area contributed by atoms with E-state index in [0.29, 0.717) is 0 Å². The molecule has 2 heterocycles. The third-order valence-electron chi connectivity index (χ3n) is 3.03. The summed E-state index contributed by atoms with van der Waals surface area (Å²) in [6.45, 7) is 2.96. The molecule has 0 radical (unpaired) electrons. The molecule has 0 aliphatic heterocycles. The third kappa shape index (κ3) is 2.99. The van der Waals surface area contributed by atoms with E-state index in [1.54, 1.807) is 11.3 Å². The zero-order valence-electron chi connectivity index (χ0n) is 11.1. The van der Waals surface area contributed by atoms with Crippen molar-refractivity contribution in [1.29, 1.82) is 0 Å². The fourth-order valence-corrected chi connectivity index (χ4v) is 3.24. The first kappa shape index (κ1) is 13.5. The van der Waals surface area contributed by atoms with Gasteiger partial charge in [0.25, 0.3) is 0 Å². The van der Waals surface area contributed by atoms with Gasteiger partial charge in [0.1, 0.15) is 0 Å². The molecule has 3 rings (SSSR count). The van der Waals surface area contributed by atoms with Crippen molar-refractivity contribution in [3.63, 3.8) is 0 Å². The van der Waals surface area contributed by atoms with Gasteiger partial charge in [0, 0.05) is 45.8 Å². The second kappa shape index (κ2) is 5.89. The summed E-state index contributed by atoms with van der Waals surface area (Å²) in [5.74, 6) is 0. The number of pyridine rings is 1. The molecule has 0 amide bonds. The van der Waals surface area contributed by atoms with E-state index in [0.717, 1.165) is 34.0 Å². The van der Waals surface area contributed by atoms with Crippen LogP contribution in [0.1, 0.15) is 9.88 Å². The molecule has 0 bridgehead atoms. The minimum absolute atomic E-state index is 0.874. The van der Waals surface area contributed by atoms with Gasteiger partial charge in [0.15, 0.2) is 0 Å². The number of nitrogens with one attached hydrogen (secondary N) is 1. The van der Waals surface area contributed by atoms with E-state index in [1.807, 2.05) is 30.6 Å². The van der Waals surface area contributed by atoms with Gasteiger partial charge >= 0.3 is 0 Å². The van der Waals surface area contributed by atoms with Gasteiger partial charge in [-0.05, 0) is 31.2 Å². The number of benzene rings is 1. The molecule has 0 fully saturated rings. The van der Waals surface area contributed by atoms with Gasteiger partial charge in [-0.3, -0.25) is 4.98 Å². The van der Waals surface area contributed by atoms with Crippen LogP contribution in [0.2, 0.25) is 0 Å². The van der Waals surface area contributed by atoms with E-state index in [-0.39, 0.29) is 0 Å². The summed E-state index contributed by atoms with van der Waals surface area (Å²) < 4.78 is 1.07. The smallest absolute Gasteiger partial charge is 0.0945 e. The molecule has 0 saturated carbocycles. The molecule has 3 aromatic rings. The molecule has 102 valence electrons. The van der Waals surface area contributed by atoms with Crippen LogP contribution < -0.4 is 5.32 Å². The normalized spacial score (nSPS) is 10.9. The topological polar surface area (TPSA) is 37.8 Å². The van der Waals surface area contributed by atoms with Crippen molar-refractivity contribution < 1.29 is 0 Å². The number of hydrogen-bond donors (Lipinski definition) is 1. The highest BCUT2D eigenvalue weighted by Crippen LogP contribution is 2.25. The molecule has 0 spiro atoms. The number of thiazole rings is 1. The number of rotatable bonds is 4. The van der Waals surface area contributed by atoms with Crippen LogP contribution in [-0.4, -0.2) is 16.5 Å². The van der Waals surface area contributed by atoms with Gasteiger partial charge in [-0.2, -0.15) is 0 Å². The number of halogens is 1. The SMILES string of the molecule is Cc1cnc(CCNc2ccnc3ccc(Br)cc23)s1. The molecule has 3 nitrogen and oxygen atoms in total. The van der Waals surface area contributed by atoms with Crippen LogP contribution in [0.4, 0.5) is 5.69 Å². The summed E-state index contributed by atoms with van der Waals surface area (Å²) in [5, 5.41) is 5.79. The van der Waals surface area contributed by atoms with Crippen LogP contribution in [-0.2, 0) is 6.42 Å². The van der Waals surface area contributed by atoms with E-state index < -0.39 is 0 Å². The molecule has 0 unspecified atom stereocenters. The van der Waals surface area contributed by atoms with Crippen molar-refractivity contribution >= 4 is 43.9 Å². The number of aromatic nitrogens is 2. The van der Waals surface area contributed by atoms with E-state index in [1.165, 1.54) is 9.88 Å². The number of fused-ring (bicyclic) bond motifs is 1. The number of nitrogens with zero attached hydrogens (tertiary/aromatic N) is 2. The van der Waals surface area contributed by atoms with Gasteiger partial charge in [0.2, 0.25) is 0 Å². The van der Waals surface area contributed by atoms with Crippen molar-refractivity contribution in [2.45, 2.75) is 13.3 Å². The van der Waals surface area contributed by atoms with E-state index in [2.05, 4.69) is 44.2 Å². The maximum absolute atomic E-state index is 4.38. The van der Waals surface area contributed by atoms with Crippen molar-refractivity contribution in [3.8, 4) is 0 Å². The maximum atomic E-state index is 4.38. The molecule has 2 aromatic heterocycles. The Kier molecular flexibility index (Phi) is 3.98. The Hall–Kier alpha value is -1.46. The summed E-state index contributed by atoms with van der Waals surface area (Å²) in [6, 6.07) is 8.15. The molecule has 5 heteroatoms. The Labute approximate surface area is 130 Å². The number of anilines is 1. The summed E-state index contributed by atoms with van der Waals surface area (Å²) in [4.78, 5) is 10.0. The highest BCUT2D eigenvalue weighted by Gasteiger charge is 2.03. The van der Waals surface area contributed by atoms with Crippen molar-refractivity contribution in [2.75, 3.05) is 11.9 Å². The Morgan fingerprint density at radius 1 is 1.25 bits per heavy atom. The first-order valence-corrected chi connectivity index (χ1v) is 8.03. The van der Waals surface area contributed by atoms with Crippen LogP contribution in [0, 0.1) is 6.92 Å². The van der Waals surface area contributed by atoms with Crippen LogP contribution in [0.25, 0.3) is 10.9 Å². The van der Waals surface area contributed by atoms with Crippen molar-refractivity contribution in [3.05, 3.63) is 51.0 Å². The van der Waals surface area contributed by atoms with E-state index in [4.69, 9.17) is 0 Å². The largest absolute Gasteiger partial charge is 0.384 e. The summed E-state index contributed by atoms with van der Waals surface area (Å²) in [6.07, 6.45) is 4.71. The lowest BCUT2D eigenvalue weighted by Crippen LogP contribution is -2.05. The van der Waals surface area contributed by atoms with Crippen LogP contribution >= 0.6 is 27.3 Å². The standard InChI is InChI=1S/C15H14BrN3S/c1-10-9-19-15(20-10)5-7-18-14-4-6-17-13-3-2-11(16)8-12(13)14/h2-4,6,8-9H,5,7H2,1H3,(H,17,18). The molecule has 20 heavy (non-hydrogen) atoms. The fourth-order valence-electron chi connectivity index (χ4n) is 2.09. The molecular formula is C15H14BrN3S. The van der Waals surface area contributed by atoms with Gasteiger partial charge in [-0.1, -0.05) is 15.9 Å². The van der Waals surface area contributed by atoms with Crippen LogP contribution in [0.15, 0.2) is 41.1 Å². The summed E-state index contributed by atoms with van der Waals surface area (Å²) in [7, 11) is 0. The Morgan fingerprint density at radius 2 is 2.15 bits per heavy atom. The molecule has 0 aliphatic carbocycles. The lowest BCUT2D eigenvalue weighted by atomic mass is 10.2. The van der Waals surface area contributed by atoms with Gasteiger partial charge in [-0.15, -0.1) is 11.3 Å². The second-order valence-corrected chi connectivity index (χ2v) is 6.80. The highest BCUT2D eigenvalue weighted by molar-refractivity contribution is 9.10. The molecule has 1 N–H and O–H groups in total. The average Bonchev–Trinajstić information content (AvgIpc) is 2.85. The minimum Gasteiger partial charge on any atom is -0.384 e. The van der Waals surface area contributed by atoms with Crippen LogP contribution in [0.3, 0.4) is 0 Å².